The Balaban J connectivity index is 2.64. The van der Waals surface area contributed by atoms with Gasteiger partial charge in [-0.1, -0.05) is 20.8 Å². The van der Waals surface area contributed by atoms with Gasteiger partial charge in [-0.15, -0.1) is 0 Å². The van der Waals surface area contributed by atoms with Gasteiger partial charge in [-0.3, -0.25) is 9.63 Å². The molecule has 1 fully saturated rings. The molecule has 100 valence electrons. The molecule has 0 heterocycles. The molecule has 1 aliphatic carbocycles. The Hall–Kier alpha value is -0.610. The van der Waals surface area contributed by atoms with Crippen LogP contribution in [0.2, 0.25) is 0 Å². The first kappa shape index (κ1) is 14.5. The minimum atomic E-state index is -0.783. The van der Waals surface area contributed by atoms with E-state index in [1.165, 1.54) is 0 Å². The predicted molar refractivity (Wildman–Crippen MR) is 66.5 cm³/mol. The van der Waals surface area contributed by atoms with Crippen LogP contribution in [0.25, 0.3) is 0 Å². The molecule has 4 heteroatoms. The molecule has 0 saturated heterocycles. The van der Waals surface area contributed by atoms with E-state index < -0.39 is 11.6 Å². The third-order valence-electron chi connectivity index (χ3n) is 3.91. The number of carbonyl (C=O) groups is 1. The summed E-state index contributed by atoms with van der Waals surface area (Å²) in [5.74, 6) is -0.126. The highest BCUT2D eigenvalue weighted by atomic mass is 16.7. The van der Waals surface area contributed by atoms with Crippen LogP contribution >= 0.6 is 0 Å². The smallest absolute Gasteiger partial charge is 0.306 e. The van der Waals surface area contributed by atoms with Crippen molar-refractivity contribution in [1.82, 2.24) is 5.48 Å². The fourth-order valence-electron chi connectivity index (χ4n) is 2.82. The second kappa shape index (κ2) is 5.36. The van der Waals surface area contributed by atoms with Crippen molar-refractivity contribution in [2.24, 2.45) is 11.3 Å². The molecular weight excluding hydrogens is 218 g/mol. The summed E-state index contributed by atoms with van der Waals surface area (Å²) < 4.78 is 0. The highest BCUT2D eigenvalue weighted by molar-refractivity contribution is 5.68. The van der Waals surface area contributed by atoms with Gasteiger partial charge in [0.25, 0.3) is 0 Å². The first-order valence-electron chi connectivity index (χ1n) is 6.36. The van der Waals surface area contributed by atoms with Crippen LogP contribution in [0.3, 0.4) is 0 Å². The molecule has 0 aromatic carbocycles. The van der Waals surface area contributed by atoms with Crippen LogP contribution in [0.15, 0.2) is 0 Å². The van der Waals surface area contributed by atoms with Gasteiger partial charge in [-0.05, 0) is 37.0 Å². The Morgan fingerprint density at radius 1 is 1.41 bits per heavy atom. The lowest BCUT2D eigenvalue weighted by molar-refractivity contribution is -0.161. The third-order valence-corrected chi connectivity index (χ3v) is 3.91. The van der Waals surface area contributed by atoms with Crippen molar-refractivity contribution in [3.63, 3.8) is 0 Å². The predicted octanol–water partition coefficient (Wildman–Crippen LogP) is 2.59. The summed E-state index contributed by atoms with van der Waals surface area (Å²) in [6, 6.07) is 0. The molecule has 0 spiro atoms. The Morgan fingerprint density at radius 2 is 1.94 bits per heavy atom. The van der Waals surface area contributed by atoms with Gasteiger partial charge in [-0.2, -0.15) is 0 Å². The lowest BCUT2D eigenvalue weighted by Crippen LogP contribution is -2.44. The van der Waals surface area contributed by atoms with Crippen molar-refractivity contribution < 1.29 is 14.7 Å². The molecule has 0 unspecified atom stereocenters. The van der Waals surface area contributed by atoms with E-state index in [0.29, 0.717) is 11.3 Å². The fraction of sp³-hybridized carbons (Fsp3) is 0.923. The highest BCUT2D eigenvalue weighted by Gasteiger charge is 2.41. The average molecular weight is 243 g/mol. The van der Waals surface area contributed by atoms with Crippen LogP contribution in [-0.2, 0) is 9.63 Å². The molecule has 4 nitrogen and oxygen atoms in total. The monoisotopic (exact) mass is 243 g/mol. The maximum atomic E-state index is 10.9. The SMILES string of the molecule is CNOC1(CC(=O)O)CCC(C(C)(C)C)CC1. The summed E-state index contributed by atoms with van der Waals surface area (Å²) in [6.07, 6.45) is 3.81. The second-order valence-electron chi connectivity index (χ2n) is 6.20. The van der Waals surface area contributed by atoms with E-state index in [-0.39, 0.29) is 6.42 Å². The molecule has 0 atom stereocenters. The summed E-state index contributed by atoms with van der Waals surface area (Å²) in [7, 11) is 1.69. The fourth-order valence-corrected chi connectivity index (χ4v) is 2.82. The number of carboxylic acid groups (broad SMARTS) is 1. The van der Waals surface area contributed by atoms with Crippen LogP contribution < -0.4 is 5.48 Å². The summed E-state index contributed by atoms with van der Waals surface area (Å²) >= 11 is 0. The maximum absolute atomic E-state index is 10.9. The number of hydrogen-bond donors (Lipinski definition) is 2. The van der Waals surface area contributed by atoms with Crippen molar-refractivity contribution in [2.75, 3.05) is 7.05 Å². The summed E-state index contributed by atoms with van der Waals surface area (Å²) in [5.41, 5.74) is 2.46. The number of carboxylic acids is 1. The van der Waals surface area contributed by atoms with Crippen LogP contribution in [0.5, 0.6) is 0 Å². The zero-order valence-corrected chi connectivity index (χ0v) is 11.4. The number of aliphatic carboxylic acids is 1. The van der Waals surface area contributed by atoms with Gasteiger partial charge in [0.05, 0.1) is 6.42 Å². The van der Waals surface area contributed by atoms with Crippen LogP contribution in [0.4, 0.5) is 0 Å². The van der Waals surface area contributed by atoms with Gasteiger partial charge >= 0.3 is 5.97 Å². The lowest BCUT2D eigenvalue weighted by Gasteiger charge is -2.42. The van der Waals surface area contributed by atoms with Crippen molar-refractivity contribution in [3.05, 3.63) is 0 Å². The van der Waals surface area contributed by atoms with Crippen molar-refractivity contribution >= 4 is 5.97 Å². The van der Waals surface area contributed by atoms with E-state index in [1.807, 2.05) is 0 Å². The largest absolute Gasteiger partial charge is 0.481 e. The molecule has 0 aromatic heterocycles. The Bertz CT molecular complexity index is 262. The van der Waals surface area contributed by atoms with Crippen molar-refractivity contribution in [3.8, 4) is 0 Å². The number of hydroxylamine groups is 1. The Labute approximate surface area is 104 Å². The Kier molecular flexibility index (Phi) is 4.55. The van der Waals surface area contributed by atoms with Crippen molar-refractivity contribution in [1.29, 1.82) is 0 Å². The zero-order valence-electron chi connectivity index (χ0n) is 11.4. The molecule has 0 radical (unpaired) electrons. The lowest BCUT2D eigenvalue weighted by atomic mass is 9.68. The highest BCUT2D eigenvalue weighted by Crippen LogP contribution is 2.43. The first-order chi connectivity index (χ1) is 7.79. The number of nitrogens with one attached hydrogen (secondary N) is 1. The topological polar surface area (TPSA) is 58.6 Å². The normalized spacial score (nSPS) is 30.2. The maximum Gasteiger partial charge on any atom is 0.306 e. The molecule has 1 rings (SSSR count). The third kappa shape index (κ3) is 3.96. The molecule has 0 aromatic rings. The summed E-state index contributed by atoms with van der Waals surface area (Å²) in [6.45, 7) is 6.75. The molecular formula is C13H25NO3. The minimum absolute atomic E-state index is 0.0880. The van der Waals surface area contributed by atoms with E-state index in [1.54, 1.807) is 7.05 Å². The molecule has 17 heavy (non-hydrogen) atoms. The molecule has 0 amide bonds. The van der Waals surface area contributed by atoms with Crippen LogP contribution in [-0.4, -0.2) is 23.7 Å². The Morgan fingerprint density at radius 3 is 2.29 bits per heavy atom. The summed E-state index contributed by atoms with van der Waals surface area (Å²) in [5, 5.41) is 8.98. The molecule has 1 aliphatic rings. The quantitative estimate of drug-likeness (QED) is 0.745. The zero-order chi connectivity index (χ0) is 13.1. The first-order valence-corrected chi connectivity index (χ1v) is 6.36. The van der Waals surface area contributed by atoms with Gasteiger partial charge < -0.3 is 5.11 Å². The van der Waals surface area contributed by atoms with E-state index in [4.69, 9.17) is 9.94 Å². The van der Waals surface area contributed by atoms with E-state index >= 15 is 0 Å². The van der Waals surface area contributed by atoms with Gasteiger partial charge in [-0.25, -0.2) is 5.48 Å². The van der Waals surface area contributed by atoms with Gasteiger partial charge in [0.1, 0.15) is 5.60 Å². The second-order valence-corrected chi connectivity index (χ2v) is 6.20. The molecule has 2 N–H and O–H groups in total. The van der Waals surface area contributed by atoms with Crippen LogP contribution in [0, 0.1) is 11.3 Å². The molecule has 0 bridgehead atoms. The summed E-state index contributed by atoms with van der Waals surface area (Å²) in [4.78, 5) is 16.4. The van der Waals surface area contributed by atoms with Gasteiger partial charge in [0.2, 0.25) is 0 Å². The van der Waals surface area contributed by atoms with E-state index in [0.717, 1.165) is 25.7 Å². The molecule has 0 aliphatic heterocycles. The van der Waals surface area contributed by atoms with Crippen LogP contribution in [0.1, 0.15) is 52.9 Å². The van der Waals surface area contributed by atoms with Crippen molar-refractivity contribution in [2.45, 2.75) is 58.5 Å². The number of rotatable bonds is 4. The standard InChI is InChI=1S/C13H25NO3/c1-12(2,3)10-5-7-13(8-6-10,17-14-4)9-11(15)16/h10,14H,5-9H2,1-4H3,(H,15,16). The minimum Gasteiger partial charge on any atom is -0.481 e. The van der Waals surface area contributed by atoms with E-state index in [9.17, 15) is 4.79 Å². The average Bonchev–Trinajstić information content (AvgIpc) is 2.15. The molecule has 1 saturated carbocycles. The van der Waals surface area contributed by atoms with Gasteiger partial charge in [0, 0.05) is 7.05 Å². The van der Waals surface area contributed by atoms with E-state index in [2.05, 4.69) is 26.3 Å². The number of hydrogen-bond acceptors (Lipinski definition) is 3. The van der Waals surface area contributed by atoms with Gasteiger partial charge in [0.15, 0.2) is 0 Å².